The molecule has 0 aliphatic carbocycles. The van der Waals surface area contributed by atoms with Crippen LogP contribution in [0.5, 0.6) is 11.5 Å². The zero-order valence-electron chi connectivity index (χ0n) is 17.0. The molecular formula is C21H17F2N5O4S. The Hall–Kier alpha value is -3.51. The number of carbonyl (C=O) groups is 2. The average Bonchev–Trinajstić information content (AvgIpc) is 3.31. The molecule has 6 rings (SSSR count). The van der Waals surface area contributed by atoms with Gasteiger partial charge in [-0.25, -0.2) is 9.78 Å². The summed E-state index contributed by atoms with van der Waals surface area (Å²) in [5, 5.41) is 9.67. The Kier molecular flexibility index (Phi) is 4.42. The van der Waals surface area contributed by atoms with Crippen molar-refractivity contribution in [1.82, 2.24) is 15.6 Å². The third-order valence-corrected chi connectivity index (χ3v) is 6.82. The van der Waals surface area contributed by atoms with Crippen molar-refractivity contribution >= 4 is 50.6 Å². The van der Waals surface area contributed by atoms with E-state index in [2.05, 4.69) is 30.4 Å². The van der Waals surface area contributed by atoms with Gasteiger partial charge in [-0.15, -0.1) is 20.1 Å². The first-order valence-corrected chi connectivity index (χ1v) is 11.2. The Morgan fingerprint density at radius 2 is 2.12 bits per heavy atom. The van der Waals surface area contributed by atoms with E-state index < -0.39 is 12.3 Å². The molecule has 1 atom stereocenters. The van der Waals surface area contributed by atoms with Gasteiger partial charge in [-0.3, -0.25) is 9.69 Å². The van der Waals surface area contributed by atoms with Crippen LogP contribution < -0.4 is 30.3 Å². The number of nitrogens with one attached hydrogen (secondary N) is 3. The number of rotatable bonds is 3. The molecule has 12 heteroatoms. The quantitative estimate of drug-likeness (QED) is 0.535. The summed E-state index contributed by atoms with van der Waals surface area (Å²) in [4.78, 5) is 32.8. The lowest BCUT2D eigenvalue weighted by Gasteiger charge is -2.28. The van der Waals surface area contributed by atoms with E-state index in [4.69, 9.17) is 0 Å². The molecule has 3 amide bonds. The third kappa shape index (κ3) is 3.33. The number of piperidine rings is 1. The molecule has 0 radical (unpaired) electrons. The minimum absolute atomic E-state index is 0.0126. The number of hydrogen-bond acceptors (Lipinski definition) is 7. The van der Waals surface area contributed by atoms with Gasteiger partial charge >= 0.3 is 12.3 Å². The number of amides is 3. The van der Waals surface area contributed by atoms with Gasteiger partial charge in [0.1, 0.15) is 9.71 Å². The average molecular weight is 473 g/mol. The van der Waals surface area contributed by atoms with Crippen LogP contribution in [0, 0.1) is 0 Å². The Morgan fingerprint density at radius 3 is 2.94 bits per heavy atom. The van der Waals surface area contributed by atoms with Gasteiger partial charge in [0.15, 0.2) is 11.5 Å². The van der Waals surface area contributed by atoms with E-state index in [0.29, 0.717) is 38.7 Å². The Bertz CT molecular complexity index is 1310. The lowest BCUT2D eigenvalue weighted by Crippen LogP contribution is -2.45. The predicted molar refractivity (Wildman–Crippen MR) is 117 cm³/mol. The number of pyridine rings is 1. The first-order valence-electron chi connectivity index (χ1n) is 10.3. The maximum absolute atomic E-state index is 13.4. The highest BCUT2D eigenvalue weighted by molar-refractivity contribution is 7.21. The molecule has 33 heavy (non-hydrogen) atoms. The summed E-state index contributed by atoms with van der Waals surface area (Å²) in [5.74, 6) is -0.562. The largest absolute Gasteiger partial charge is 0.586 e. The van der Waals surface area contributed by atoms with Crippen molar-refractivity contribution in [3.63, 3.8) is 0 Å². The van der Waals surface area contributed by atoms with Crippen LogP contribution in [0.3, 0.4) is 0 Å². The van der Waals surface area contributed by atoms with Crippen LogP contribution in [-0.2, 0) is 0 Å². The van der Waals surface area contributed by atoms with E-state index in [1.165, 1.54) is 40.6 Å². The molecule has 1 aromatic carbocycles. The Balaban J connectivity index is 1.39. The maximum atomic E-state index is 13.4. The van der Waals surface area contributed by atoms with E-state index >= 15 is 0 Å². The monoisotopic (exact) mass is 473 g/mol. The van der Waals surface area contributed by atoms with Crippen molar-refractivity contribution in [2.45, 2.75) is 25.2 Å². The van der Waals surface area contributed by atoms with Crippen LogP contribution >= 0.6 is 11.3 Å². The summed E-state index contributed by atoms with van der Waals surface area (Å²) in [6.07, 6.45) is -0.363. The zero-order chi connectivity index (χ0) is 22.7. The van der Waals surface area contributed by atoms with E-state index in [9.17, 15) is 18.4 Å². The molecule has 3 N–H and O–H groups in total. The van der Waals surface area contributed by atoms with Crippen molar-refractivity contribution in [2.75, 3.05) is 23.3 Å². The van der Waals surface area contributed by atoms with Gasteiger partial charge < -0.3 is 25.4 Å². The molecule has 1 fully saturated rings. The standard InChI is InChI=1S/C21H17F2N5O4S/c22-21(23)31-13-4-3-11(8-14(13)32-21)28-12-5-7-25-19-15(12)16(27-20(28)30)17(33-19)18(29)26-10-2-1-6-24-9-10/h3-5,7-8,10,24H,1-2,6,9H2,(H,26,29)(H,27,30). The minimum Gasteiger partial charge on any atom is -0.395 e. The van der Waals surface area contributed by atoms with Crippen LogP contribution in [0.15, 0.2) is 30.5 Å². The molecule has 2 aromatic heterocycles. The summed E-state index contributed by atoms with van der Waals surface area (Å²) in [6, 6.07) is 5.23. The van der Waals surface area contributed by atoms with Gasteiger partial charge in [0, 0.05) is 24.8 Å². The molecule has 0 saturated carbocycles. The number of hydrogen-bond donors (Lipinski definition) is 3. The molecule has 1 unspecified atom stereocenters. The molecule has 3 aromatic rings. The topological polar surface area (TPSA) is 105 Å². The maximum Gasteiger partial charge on any atom is 0.586 e. The highest BCUT2D eigenvalue weighted by Crippen LogP contribution is 2.48. The van der Waals surface area contributed by atoms with Crippen LogP contribution in [0.2, 0.25) is 0 Å². The van der Waals surface area contributed by atoms with Gasteiger partial charge in [0.25, 0.3) is 5.91 Å². The fourth-order valence-electron chi connectivity index (χ4n) is 4.30. The number of halogens is 2. The highest BCUT2D eigenvalue weighted by atomic mass is 32.1. The van der Waals surface area contributed by atoms with Crippen molar-refractivity contribution in [2.24, 2.45) is 0 Å². The summed E-state index contributed by atoms with van der Waals surface area (Å²) in [7, 11) is 0. The number of anilines is 3. The molecular weight excluding hydrogens is 456 g/mol. The van der Waals surface area contributed by atoms with Gasteiger partial charge in [-0.1, -0.05) is 0 Å². The second-order valence-corrected chi connectivity index (χ2v) is 8.90. The fraction of sp³-hybridized carbons (Fsp3) is 0.286. The molecule has 170 valence electrons. The highest BCUT2D eigenvalue weighted by Gasteiger charge is 2.44. The second-order valence-electron chi connectivity index (χ2n) is 7.90. The van der Waals surface area contributed by atoms with E-state index in [1.807, 2.05) is 0 Å². The molecule has 0 spiro atoms. The normalized spacial score (nSPS) is 20.6. The second kappa shape index (κ2) is 7.25. The summed E-state index contributed by atoms with van der Waals surface area (Å²) < 4.78 is 35.8. The SMILES string of the molecule is O=C(NC1CCCNC1)c1sc2nccc3c2c1NC(=O)N3c1ccc2c(c1)OC(F)(F)O2. The van der Waals surface area contributed by atoms with Crippen molar-refractivity contribution in [1.29, 1.82) is 0 Å². The van der Waals surface area contributed by atoms with Crippen molar-refractivity contribution in [3.05, 3.63) is 35.3 Å². The van der Waals surface area contributed by atoms with E-state index in [-0.39, 0.29) is 23.4 Å². The number of alkyl halides is 2. The van der Waals surface area contributed by atoms with Crippen molar-refractivity contribution < 1.29 is 27.8 Å². The molecule has 0 bridgehead atoms. The van der Waals surface area contributed by atoms with E-state index in [0.717, 1.165) is 19.4 Å². The lowest BCUT2D eigenvalue weighted by atomic mass is 10.1. The first-order chi connectivity index (χ1) is 15.9. The number of ether oxygens (including phenoxy) is 2. The summed E-state index contributed by atoms with van der Waals surface area (Å²) in [6.45, 7) is 1.62. The number of urea groups is 1. The molecule has 3 aliphatic heterocycles. The Morgan fingerprint density at radius 1 is 1.27 bits per heavy atom. The number of aromatic nitrogens is 1. The van der Waals surface area contributed by atoms with Crippen molar-refractivity contribution in [3.8, 4) is 11.5 Å². The Labute approximate surface area is 189 Å². The van der Waals surface area contributed by atoms with Gasteiger partial charge in [-0.2, -0.15) is 0 Å². The van der Waals surface area contributed by atoms with Crippen LogP contribution in [0.25, 0.3) is 10.2 Å². The predicted octanol–water partition coefficient (Wildman–Crippen LogP) is 3.78. The lowest BCUT2D eigenvalue weighted by molar-refractivity contribution is -0.286. The number of thiophene rings is 1. The first kappa shape index (κ1) is 20.1. The number of fused-ring (bicyclic) bond motifs is 1. The summed E-state index contributed by atoms with van der Waals surface area (Å²) in [5.41, 5.74) is 1.18. The van der Waals surface area contributed by atoms with Crippen LogP contribution in [0.1, 0.15) is 22.5 Å². The number of carbonyl (C=O) groups excluding carboxylic acids is 2. The van der Waals surface area contributed by atoms with Crippen LogP contribution in [-0.4, -0.2) is 42.3 Å². The molecule has 3 aliphatic rings. The third-order valence-electron chi connectivity index (χ3n) is 5.73. The zero-order valence-corrected chi connectivity index (χ0v) is 17.8. The fourth-order valence-corrected chi connectivity index (χ4v) is 5.33. The minimum atomic E-state index is -3.76. The van der Waals surface area contributed by atoms with Crippen LogP contribution in [0.4, 0.5) is 30.6 Å². The number of benzene rings is 1. The molecule has 5 heterocycles. The van der Waals surface area contributed by atoms with Gasteiger partial charge in [0.2, 0.25) is 0 Å². The van der Waals surface area contributed by atoms with Gasteiger partial charge in [-0.05, 0) is 37.6 Å². The smallest absolute Gasteiger partial charge is 0.395 e. The van der Waals surface area contributed by atoms with Gasteiger partial charge in [0.05, 0.1) is 22.4 Å². The van der Waals surface area contributed by atoms with E-state index in [1.54, 1.807) is 6.07 Å². The number of nitrogens with zero attached hydrogens (tertiary/aromatic N) is 2. The molecule has 9 nitrogen and oxygen atoms in total. The summed E-state index contributed by atoms with van der Waals surface area (Å²) >= 11 is 1.19. The molecule has 1 saturated heterocycles.